The molecule has 5 heteroatoms. The Kier molecular flexibility index (Phi) is 3.98. The van der Waals surface area contributed by atoms with Crippen molar-refractivity contribution >= 4 is 0 Å². The molecule has 0 saturated heterocycles. The van der Waals surface area contributed by atoms with Crippen molar-refractivity contribution in [1.82, 2.24) is 15.2 Å². The van der Waals surface area contributed by atoms with E-state index in [0.29, 0.717) is 24.6 Å². The predicted octanol–water partition coefficient (Wildman–Crippen LogP) is 2.47. The van der Waals surface area contributed by atoms with Crippen LogP contribution in [0, 0.1) is 0 Å². The molecular weight excluding hydrogens is 276 g/mol. The largest absolute Gasteiger partial charge is 0.423 e. The molecule has 1 atom stereocenters. The first-order valence-electron chi connectivity index (χ1n) is 7.18. The molecule has 1 aromatic carbocycles. The van der Waals surface area contributed by atoms with Crippen LogP contribution in [0.4, 0.5) is 0 Å². The summed E-state index contributed by atoms with van der Waals surface area (Å²) in [6.07, 6.45) is 4.72. The number of rotatable bonds is 5. The van der Waals surface area contributed by atoms with Gasteiger partial charge in [0.1, 0.15) is 0 Å². The second-order valence-electron chi connectivity index (χ2n) is 5.62. The second-order valence-corrected chi connectivity index (χ2v) is 5.62. The Morgan fingerprint density at radius 1 is 1.05 bits per heavy atom. The summed E-state index contributed by atoms with van der Waals surface area (Å²) >= 11 is 0. The lowest BCUT2D eigenvalue weighted by Gasteiger charge is -2.20. The Morgan fingerprint density at radius 2 is 1.82 bits per heavy atom. The van der Waals surface area contributed by atoms with Crippen molar-refractivity contribution in [3.8, 4) is 0 Å². The van der Waals surface area contributed by atoms with Gasteiger partial charge in [0.05, 0.1) is 12.0 Å². The summed E-state index contributed by atoms with van der Waals surface area (Å²) in [7, 11) is 0. The van der Waals surface area contributed by atoms with Crippen LogP contribution in [-0.4, -0.2) is 15.2 Å². The van der Waals surface area contributed by atoms with Gasteiger partial charge in [0, 0.05) is 12.4 Å². The highest BCUT2D eigenvalue weighted by atomic mass is 16.4. The Hall–Kier alpha value is -2.53. The van der Waals surface area contributed by atoms with Crippen molar-refractivity contribution in [1.29, 1.82) is 0 Å². The van der Waals surface area contributed by atoms with Gasteiger partial charge in [-0.3, -0.25) is 4.98 Å². The van der Waals surface area contributed by atoms with Gasteiger partial charge in [0.25, 0.3) is 0 Å². The number of hydrogen-bond donors (Lipinski definition) is 1. The van der Waals surface area contributed by atoms with Gasteiger partial charge in [-0.2, -0.15) is 0 Å². The summed E-state index contributed by atoms with van der Waals surface area (Å²) in [5.41, 5.74) is 7.84. The normalized spacial score (nSPS) is 13.7. The van der Waals surface area contributed by atoms with Gasteiger partial charge < -0.3 is 10.2 Å². The molecule has 112 valence electrons. The van der Waals surface area contributed by atoms with Gasteiger partial charge in [0.2, 0.25) is 11.8 Å². The van der Waals surface area contributed by atoms with Gasteiger partial charge in [-0.05, 0) is 30.5 Å². The first-order valence-corrected chi connectivity index (χ1v) is 7.18. The fourth-order valence-electron chi connectivity index (χ4n) is 2.33. The molecule has 3 aromatic rings. The first-order chi connectivity index (χ1) is 10.6. The maximum atomic E-state index is 6.37. The van der Waals surface area contributed by atoms with E-state index >= 15 is 0 Å². The van der Waals surface area contributed by atoms with E-state index in [4.69, 9.17) is 10.2 Å². The first kappa shape index (κ1) is 14.4. The standard InChI is InChI=1S/C17H18N4O/c1-17(18,11-13-6-3-2-4-7-13)16-21-20-15(22-16)10-14-8-5-9-19-12-14/h2-9,12H,10-11,18H2,1H3/t17-/m0/s1. The lowest BCUT2D eigenvalue weighted by atomic mass is 9.94. The summed E-state index contributed by atoms with van der Waals surface area (Å²) in [6.45, 7) is 1.90. The van der Waals surface area contributed by atoms with Crippen LogP contribution in [0.25, 0.3) is 0 Å². The molecule has 0 aliphatic rings. The molecule has 3 rings (SSSR count). The van der Waals surface area contributed by atoms with E-state index in [1.54, 1.807) is 12.4 Å². The molecule has 0 amide bonds. The summed E-state index contributed by atoms with van der Waals surface area (Å²) in [6, 6.07) is 13.9. The molecule has 0 unspecified atom stereocenters. The minimum absolute atomic E-state index is 0.454. The van der Waals surface area contributed by atoms with Gasteiger partial charge >= 0.3 is 0 Å². The van der Waals surface area contributed by atoms with Gasteiger partial charge in [-0.1, -0.05) is 36.4 Å². The SMILES string of the molecule is C[C@](N)(Cc1ccccc1)c1nnc(Cc2cccnc2)o1. The van der Waals surface area contributed by atoms with Crippen LogP contribution in [0.2, 0.25) is 0 Å². The Bertz CT molecular complexity index is 723. The Labute approximate surface area is 129 Å². The molecule has 2 N–H and O–H groups in total. The van der Waals surface area contributed by atoms with Crippen molar-refractivity contribution in [3.63, 3.8) is 0 Å². The molecular formula is C17H18N4O. The number of nitrogens with zero attached hydrogens (tertiary/aromatic N) is 3. The molecule has 0 aliphatic heterocycles. The topological polar surface area (TPSA) is 77.8 Å². The fourth-order valence-corrected chi connectivity index (χ4v) is 2.33. The quantitative estimate of drug-likeness (QED) is 0.782. The van der Waals surface area contributed by atoms with Crippen LogP contribution in [0.15, 0.2) is 59.3 Å². The number of benzene rings is 1. The highest BCUT2D eigenvalue weighted by Crippen LogP contribution is 2.22. The molecule has 0 spiro atoms. The molecule has 22 heavy (non-hydrogen) atoms. The van der Waals surface area contributed by atoms with E-state index in [9.17, 15) is 0 Å². The lowest BCUT2D eigenvalue weighted by Crippen LogP contribution is -2.35. The molecule has 2 heterocycles. The van der Waals surface area contributed by atoms with Crippen molar-refractivity contribution in [2.45, 2.75) is 25.3 Å². The zero-order valence-corrected chi connectivity index (χ0v) is 12.4. The third-order valence-corrected chi connectivity index (χ3v) is 3.45. The number of pyridine rings is 1. The van der Waals surface area contributed by atoms with Gasteiger partial charge in [-0.15, -0.1) is 10.2 Å². The maximum Gasteiger partial charge on any atom is 0.236 e. The van der Waals surface area contributed by atoms with Gasteiger partial charge in [0.15, 0.2) is 0 Å². The van der Waals surface area contributed by atoms with Gasteiger partial charge in [-0.25, -0.2) is 0 Å². The average molecular weight is 294 g/mol. The Balaban J connectivity index is 1.75. The summed E-state index contributed by atoms with van der Waals surface area (Å²) in [5.74, 6) is 1.00. The molecule has 5 nitrogen and oxygen atoms in total. The van der Waals surface area contributed by atoms with Crippen LogP contribution in [0.3, 0.4) is 0 Å². The highest BCUT2D eigenvalue weighted by Gasteiger charge is 2.28. The average Bonchev–Trinajstić information content (AvgIpc) is 2.98. The Morgan fingerprint density at radius 3 is 2.55 bits per heavy atom. The smallest absolute Gasteiger partial charge is 0.236 e. The molecule has 2 aromatic heterocycles. The monoisotopic (exact) mass is 294 g/mol. The number of aromatic nitrogens is 3. The molecule has 0 saturated carbocycles. The fraction of sp³-hybridized carbons (Fsp3) is 0.235. The highest BCUT2D eigenvalue weighted by molar-refractivity contribution is 5.19. The third-order valence-electron chi connectivity index (χ3n) is 3.45. The molecule has 0 radical (unpaired) electrons. The predicted molar refractivity (Wildman–Crippen MR) is 83.0 cm³/mol. The lowest BCUT2D eigenvalue weighted by molar-refractivity contribution is 0.339. The van der Waals surface area contributed by atoms with Crippen LogP contribution in [0.1, 0.15) is 29.8 Å². The van der Waals surface area contributed by atoms with E-state index in [1.165, 1.54) is 0 Å². The maximum absolute atomic E-state index is 6.37. The van der Waals surface area contributed by atoms with Crippen LogP contribution in [0.5, 0.6) is 0 Å². The third kappa shape index (κ3) is 3.38. The summed E-state index contributed by atoms with van der Waals surface area (Å²) in [5, 5.41) is 8.21. The zero-order chi connectivity index (χ0) is 15.4. The van der Waals surface area contributed by atoms with Crippen LogP contribution >= 0.6 is 0 Å². The number of hydrogen-bond acceptors (Lipinski definition) is 5. The van der Waals surface area contributed by atoms with Crippen molar-refractivity contribution < 1.29 is 4.42 Å². The zero-order valence-electron chi connectivity index (χ0n) is 12.4. The van der Waals surface area contributed by atoms with Crippen molar-refractivity contribution in [2.24, 2.45) is 5.73 Å². The number of nitrogens with two attached hydrogens (primary N) is 1. The molecule has 0 bridgehead atoms. The minimum atomic E-state index is -0.693. The van der Waals surface area contributed by atoms with Crippen molar-refractivity contribution in [2.75, 3.05) is 0 Å². The van der Waals surface area contributed by atoms with Crippen molar-refractivity contribution in [3.05, 3.63) is 77.8 Å². The van der Waals surface area contributed by atoms with E-state index in [1.807, 2.05) is 49.4 Å². The summed E-state index contributed by atoms with van der Waals surface area (Å²) < 4.78 is 5.75. The molecule has 0 aliphatic carbocycles. The van der Waals surface area contributed by atoms with E-state index in [2.05, 4.69) is 15.2 Å². The summed E-state index contributed by atoms with van der Waals surface area (Å²) in [4.78, 5) is 4.08. The van der Waals surface area contributed by atoms with Crippen LogP contribution in [-0.2, 0) is 18.4 Å². The van der Waals surface area contributed by atoms with E-state index < -0.39 is 5.54 Å². The molecule has 0 fully saturated rings. The van der Waals surface area contributed by atoms with E-state index in [-0.39, 0.29) is 0 Å². The second kappa shape index (κ2) is 6.07. The minimum Gasteiger partial charge on any atom is -0.423 e. The van der Waals surface area contributed by atoms with E-state index in [0.717, 1.165) is 11.1 Å². The van der Waals surface area contributed by atoms with Crippen LogP contribution < -0.4 is 5.73 Å².